The maximum absolute atomic E-state index is 15.7. The molecule has 4 aliphatic heterocycles. The molecule has 1 aromatic carbocycles. The van der Waals surface area contributed by atoms with E-state index in [4.69, 9.17) is 14.5 Å². The number of amides is 1. The molecule has 2 bridgehead atoms. The first-order chi connectivity index (χ1) is 20.9. The number of ether oxygens (including phenoxy) is 2. The van der Waals surface area contributed by atoms with E-state index in [-0.39, 0.29) is 42.7 Å². The second kappa shape index (κ2) is 11.4. The molecule has 1 unspecified atom stereocenters. The Hall–Kier alpha value is -4.29. The molecule has 43 heavy (non-hydrogen) atoms. The first kappa shape index (κ1) is 27.5. The number of hydrogen-bond donors (Lipinski definition) is 2. The van der Waals surface area contributed by atoms with Gasteiger partial charge in [0.05, 0.1) is 36.1 Å². The van der Waals surface area contributed by atoms with Gasteiger partial charge in [0.2, 0.25) is 6.17 Å². The van der Waals surface area contributed by atoms with Gasteiger partial charge < -0.3 is 19.7 Å². The monoisotopic (exact) mass is 587 g/mol. The fourth-order valence-electron chi connectivity index (χ4n) is 6.28. The van der Waals surface area contributed by atoms with E-state index in [1.165, 1.54) is 5.57 Å². The molecule has 5 aliphatic rings. The lowest BCUT2D eigenvalue weighted by atomic mass is 9.92. The second-order valence-electron chi connectivity index (χ2n) is 11.6. The Bertz CT molecular complexity index is 1520. The lowest BCUT2D eigenvalue weighted by Crippen LogP contribution is -2.42. The van der Waals surface area contributed by atoms with Crippen molar-refractivity contribution in [3.05, 3.63) is 83.6 Å². The number of hydrazine groups is 1. The molecule has 0 spiro atoms. The number of morpholine rings is 1. The highest BCUT2D eigenvalue weighted by molar-refractivity contribution is 6.06. The van der Waals surface area contributed by atoms with Crippen molar-refractivity contribution < 1.29 is 23.5 Å². The van der Waals surface area contributed by atoms with E-state index in [1.54, 1.807) is 28.0 Å². The quantitative estimate of drug-likeness (QED) is 0.373. The zero-order valence-electron chi connectivity index (χ0n) is 23.7. The standard InChI is InChI=1S/C31H34FN7O4/c1-19-7-9-21(10-8-19)39-16-25(28(36-39)27(32)31(41)43-17-20-5-3-2-4-6-20)34-30(40)24-14-33-38-12-11-26(35-29(24)38)37-15-23-13-22(37)18-42-23/h2-6,11-12,16,21-23,27,33H,1,7-10,13-15,17-18H2,(H,34,40)/t22-,23-,27?/m1/s1. The Balaban J connectivity index is 1.13. The summed E-state index contributed by atoms with van der Waals surface area (Å²) < 4.78 is 28.4. The highest BCUT2D eigenvalue weighted by Crippen LogP contribution is 2.35. The summed E-state index contributed by atoms with van der Waals surface area (Å²) in [5, 5.41) is 9.02. The number of nitrogens with one attached hydrogen (secondary N) is 2. The van der Waals surface area contributed by atoms with Crippen molar-refractivity contribution in [1.29, 1.82) is 0 Å². The van der Waals surface area contributed by atoms with Crippen LogP contribution in [0.2, 0.25) is 0 Å². The fourth-order valence-corrected chi connectivity index (χ4v) is 6.28. The molecule has 11 nitrogen and oxygen atoms in total. The number of nitrogens with zero attached hydrogens (tertiary/aromatic N) is 5. The number of esters is 1. The second-order valence-corrected chi connectivity index (χ2v) is 11.6. The lowest BCUT2D eigenvalue weighted by molar-refractivity contribution is -0.151. The molecule has 3 atom stereocenters. The Morgan fingerprint density at radius 1 is 1.21 bits per heavy atom. The molecule has 1 amide bonds. The smallest absolute Gasteiger partial charge is 0.347 e. The largest absolute Gasteiger partial charge is 0.458 e. The van der Waals surface area contributed by atoms with Crippen LogP contribution in [0, 0.1) is 0 Å². The maximum Gasteiger partial charge on any atom is 0.347 e. The molecule has 2 aromatic rings. The van der Waals surface area contributed by atoms with Crippen molar-refractivity contribution >= 4 is 23.4 Å². The highest BCUT2D eigenvalue weighted by atomic mass is 19.1. The normalized spacial score (nSPS) is 23.9. The van der Waals surface area contributed by atoms with Gasteiger partial charge in [-0.2, -0.15) is 5.10 Å². The van der Waals surface area contributed by atoms with Crippen LogP contribution < -0.4 is 10.7 Å². The van der Waals surface area contributed by atoms with E-state index in [9.17, 15) is 9.59 Å². The van der Waals surface area contributed by atoms with E-state index in [0.717, 1.165) is 50.0 Å². The van der Waals surface area contributed by atoms with Crippen molar-refractivity contribution in [1.82, 2.24) is 25.1 Å². The predicted octanol–water partition coefficient (Wildman–Crippen LogP) is 3.68. The van der Waals surface area contributed by atoms with Gasteiger partial charge >= 0.3 is 5.97 Å². The zero-order chi connectivity index (χ0) is 29.5. The number of carbonyl (C=O) groups is 2. The number of fused-ring (bicyclic) bond motifs is 3. The number of amidine groups is 1. The van der Waals surface area contributed by atoms with Gasteiger partial charge in [-0.3, -0.25) is 14.5 Å². The minimum absolute atomic E-state index is 0.00326. The van der Waals surface area contributed by atoms with E-state index >= 15 is 4.39 Å². The minimum Gasteiger partial charge on any atom is -0.458 e. The van der Waals surface area contributed by atoms with E-state index < -0.39 is 18.0 Å². The number of benzene rings is 1. The Kier molecular flexibility index (Phi) is 7.31. The van der Waals surface area contributed by atoms with Crippen molar-refractivity contribution in [2.24, 2.45) is 4.99 Å². The summed E-state index contributed by atoms with van der Waals surface area (Å²) in [5.41, 5.74) is 5.43. The molecule has 12 heteroatoms. The van der Waals surface area contributed by atoms with Crippen molar-refractivity contribution in [3.8, 4) is 0 Å². The third-order valence-corrected chi connectivity index (χ3v) is 8.70. The first-order valence-electron chi connectivity index (χ1n) is 14.8. The first-order valence-corrected chi connectivity index (χ1v) is 14.8. The van der Waals surface area contributed by atoms with Crippen molar-refractivity contribution in [3.63, 3.8) is 0 Å². The van der Waals surface area contributed by atoms with Gasteiger partial charge in [0.15, 0.2) is 5.82 Å². The summed E-state index contributed by atoms with van der Waals surface area (Å²) in [7, 11) is 0. The van der Waals surface area contributed by atoms with Crippen molar-refractivity contribution in [2.75, 3.05) is 25.0 Å². The number of rotatable bonds is 7. The third kappa shape index (κ3) is 5.48. The number of aliphatic imine (C=N–C) groups is 1. The predicted molar refractivity (Wildman–Crippen MR) is 156 cm³/mol. The van der Waals surface area contributed by atoms with Gasteiger partial charge in [-0.05, 0) is 43.7 Å². The lowest BCUT2D eigenvalue weighted by Gasteiger charge is -2.31. The van der Waals surface area contributed by atoms with E-state index in [2.05, 4.69) is 27.3 Å². The van der Waals surface area contributed by atoms with Gasteiger partial charge in [-0.25, -0.2) is 19.6 Å². The number of carbonyl (C=O) groups excluding carboxylic acids is 2. The van der Waals surface area contributed by atoms with Gasteiger partial charge in [0.25, 0.3) is 5.91 Å². The van der Waals surface area contributed by atoms with Crippen LogP contribution in [0.5, 0.6) is 0 Å². The summed E-state index contributed by atoms with van der Waals surface area (Å²) in [6.45, 7) is 5.69. The summed E-state index contributed by atoms with van der Waals surface area (Å²) in [6.07, 6.45) is 7.68. The number of alkyl halides is 1. The van der Waals surface area contributed by atoms with Crippen LogP contribution in [-0.4, -0.2) is 69.2 Å². The van der Waals surface area contributed by atoms with E-state index in [0.29, 0.717) is 18.0 Å². The molecule has 7 rings (SSSR count). The van der Waals surface area contributed by atoms with Crippen LogP contribution in [0.25, 0.3) is 0 Å². The zero-order valence-corrected chi connectivity index (χ0v) is 23.7. The van der Waals surface area contributed by atoms with Crippen LogP contribution >= 0.6 is 0 Å². The van der Waals surface area contributed by atoms with Crippen LogP contribution in [0.1, 0.15) is 55.6 Å². The summed E-state index contributed by atoms with van der Waals surface area (Å²) in [5.74, 6) is -0.240. The minimum atomic E-state index is -2.18. The van der Waals surface area contributed by atoms with Gasteiger partial charge in [0, 0.05) is 25.5 Å². The number of allylic oxidation sites excluding steroid dienone is 1. The average molecular weight is 588 g/mol. The Morgan fingerprint density at radius 3 is 2.77 bits per heavy atom. The molecule has 3 fully saturated rings. The molecule has 1 saturated carbocycles. The Labute approximate surface area is 248 Å². The van der Waals surface area contributed by atoms with Crippen molar-refractivity contribution in [2.45, 2.75) is 63.1 Å². The molecule has 2 N–H and O–H groups in total. The Morgan fingerprint density at radius 2 is 2.02 bits per heavy atom. The van der Waals surface area contributed by atoms with E-state index in [1.807, 2.05) is 30.5 Å². The number of likely N-dealkylation sites (tertiary alicyclic amines) is 1. The summed E-state index contributed by atoms with van der Waals surface area (Å²) >= 11 is 0. The number of halogens is 1. The summed E-state index contributed by atoms with van der Waals surface area (Å²) in [4.78, 5) is 33.5. The molecule has 1 aliphatic carbocycles. The SMILES string of the molecule is C=C1CCC(n2cc(NC(=O)C3=C4N=C(N5C[C@H]6C[C@@H]5CO6)C=CN4NC3)c(C(F)C(=O)OCc3ccccc3)n2)CC1. The fraction of sp³-hybridized carbons (Fsp3) is 0.419. The van der Waals surface area contributed by atoms with Crippen LogP contribution in [0.3, 0.4) is 0 Å². The van der Waals surface area contributed by atoms with Crippen LogP contribution in [0.4, 0.5) is 10.1 Å². The molecule has 1 aromatic heterocycles. The number of hydrogen-bond acceptors (Lipinski definition) is 9. The topological polar surface area (TPSA) is 113 Å². The van der Waals surface area contributed by atoms with Gasteiger partial charge in [-0.15, -0.1) is 0 Å². The molecule has 5 heterocycles. The summed E-state index contributed by atoms with van der Waals surface area (Å²) in [6, 6.07) is 9.35. The number of anilines is 1. The molecule has 224 valence electrons. The van der Waals surface area contributed by atoms with Crippen LogP contribution in [0.15, 0.2) is 77.3 Å². The molecular weight excluding hydrogens is 553 g/mol. The third-order valence-electron chi connectivity index (χ3n) is 8.70. The maximum atomic E-state index is 15.7. The average Bonchev–Trinajstić information content (AvgIpc) is 3.84. The molecular formula is C31H34FN7O4. The molecule has 2 saturated heterocycles. The highest BCUT2D eigenvalue weighted by Gasteiger charge is 2.41. The van der Waals surface area contributed by atoms with Gasteiger partial charge in [-0.1, -0.05) is 42.5 Å². The van der Waals surface area contributed by atoms with Gasteiger partial charge in [0.1, 0.15) is 18.1 Å². The number of aromatic nitrogens is 2. The molecule has 0 radical (unpaired) electrons. The van der Waals surface area contributed by atoms with Crippen LogP contribution in [-0.2, 0) is 25.7 Å².